The van der Waals surface area contributed by atoms with Gasteiger partial charge in [0.1, 0.15) is 0 Å². The number of benzene rings is 4. The first-order chi connectivity index (χ1) is 12.7. The Balaban J connectivity index is 2.23. The average molecular weight is 466 g/mol. The molecule has 0 aliphatic carbocycles. The van der Waals surface area contributed by atoms with Gasteiger partial charge in [-0.15, -0.1) is 0 Å². The van der Waals surface area contributed by atoms with E-state index in [1.54, 1.807) is 0 Å². The van der Waals surface area contributed by atoms with Crippen LogP contribution in [0, 0.1) is 0 Å². The van der Waals surface area contributed by atoms with Crippen molar-refractivity contribution in [1.82, 2.24) is 0 Å². The predicted octanol–water partition coefficient (Wildman–Crippen LogP) is 3.75. The molecular formula is C24H20ClSb. The van der Waals surface area contributed by atoms with Gasteiger partial charge in [-0.2, -0.15) is 0 Å². The molecule has 0 amide bonds. The minimum absolute atomic E-state index is 1.23. The second kappa shape index (κ2) is 6.95. The van der Waals surface area contributed by atoms with Gasteiger partial charge in [-0.05, 0) is 0 Å². The molecule has 128 valence electrons. The SMILES string of the molecule is [Cl][Sb]([c]1ccccc1)([c]1ccccc1)([c]1ccccc1)[c]1ccccc1. The summed E-state index contributed by atoms with van der Waals surface area (Å²) in [6.07, 6.45) is 0. The van der Waals surface area contributed by atoms with E-state index in [9.17, 15) is 0 Å². The van der Waals surface area contributed by atoms with E-state index in [1.165, 1.54) is 14.0 Å². The van der Waals surface area contributed by atoms with Crippen molar-refractivity contribution in [3.05, 3.63) is 121 Å². The van der Waals surface area contributed by atoms with E-state index in [0.717, 1.165) is 0 Å². The second-order valence-electron chi connectivity index (χ2n) is 6.35. The van der Waals surface area contributed by atoms with Gasteiger partial charge >= 0.3 is 160 Å². The molecule has 4 aromatic rings. The zero-order valence-electron chi connectivity index (χ0n) is 14.4. The van der Waals surface area contributed by atoms with E-state index in [2.05, 4.69) is 121 Å². The van der Waals surface area contributed by atoms with Gasteiger partial charge in [-0.1, -0.05) is 0 Å². The third-order valence-corrected chi connectivity index (χ3v) is 24.7. The summed E-state index contributed by atoms with van der Waals surface area (Å²) in [5, 5.41) is 0. The Bertz CT molecular complexity index is 814. The molecule has 0 saturated heterocycles. The monoisotopic (exact) mass is 464 g/mol. The number of hydrogen-bond acceptors (Lipinski definition) is 0. The summed E-state index contributed by atoms with van der Waals surface area (Å²) >= 11 is -4.42. The Morgan fingerprint density at radius 2 is 0.538 bits per heavy atom. The fourth-order valence-electron chi connectivity index (χ4n) is 3.73. The first-order valence-corrected chi connectivity index (χ1v) is 17.0. The molecule has 0 aliphatic heterocycles. The van der Waals surface area contributed by atoms with E-state index in [1.807, 2.05) is 0 Å². The van der Waals surface area contributed by atoms with Gasteiger partial charge in [-0.25, -0.2) is 0 Å². The molecule has 2 heteroatoms. The van der Waals surface area contributed by atoms with E-state index in [-0.39, 0.29) is 0 Å². The fraction of sp³-hybridized carbons (Fsp3) is 0. The van der Waals surface area contributed by atoms with Crippen LogP contribution >= 0.6 is 8.83 Å². The molecule has 0 radical (unpaired) electrons. The summed E-state index contributed by atoms with van der Waals surface area (Å²) in [6.45, 7) is 0. The first kappa shape index (κ1) is 17.4. The maximum atomic E-state index is 8.10. The molecule has 0 heterocycles. The van der Waals surface area contributed by atoms with Crippen molar-refractivity contribution < 1.29 is 0 Å². The van der Waals surface area contributed by atoms with Crippen LogP contribution in [-0.2, 0) is 0 Å². The molecule has 4 rings (SSSR count). The molecule has 0 unspecified atom stereocenters. The normalized spacial score (nSPS) is 12.9. The van der Waals surface area contributed by atoms with Gasteiger partial charge < -0.3 is 0 Å². The zero-order valence-corrected chi connectivity index (χ0v) is 17.7. The van der Waals surface area contributed by atoms with Gasteiger partial charge in [0, 0.05) is 0 Å². The van der Waals surface area contributed by atoms with Gasteiger partial charge in [0.2, 0.25) is 0 Å². The van der Waals surface area contributed by atoms with Crippen molar-refractivity contribution in [3.8, 4) is 0 Å². The molecule has 0 aliphatic rings. The standard InChI is InChI=1S/4C6H5.ClH.Sb/c4*1-2-4-6-5-3-1;;/h4*1-5H;1H;/q;;;;;+1/p-1. The van der Waals surface area contributed by atoms with Crippen molar-refractivity contribution in [3.63, 3.8) is 0 Å². The van der Waals surface area contributed by atoms with Crippen LogP contribution in [0.3, 0.4) is 0 Å². The van der Waals surface area contributed by atoms with Crippen LogP contribution in [-0.4, -0.2) is 16.3 Å². The summed E-state index contributed by atoms with van der Waals surface area (Å²) in [6, 6.07) is 42.6. The molecule has 0 nitrogen and oxygen atoms in total. The van der Waals surface area contributed by atoms with Crippen LogP contribution in [0.1, 0.15) is 0 Å². The van der Waals surface area contributed by atoms with Crippen LogP contribution in [0.15, 0.2) is 121 Å². The fourth-order valence-corrected chi connectivity index (χ4v) is 20.2. The molecule has 0 atom stereocenters. The summed E-state index contributed by atoms with van der Waals surface area (Å²) in [5.74, 6) is 0. The van der Waals surface area contributed by atoms with Gasteiger partial charge in [0.05, 0.1) is 0 Å². The number of hydrogen-bond donors (Lipinski definition) is 0. The first-order valence-electron chi connectivity index (χ1n) is 8.71. The Labute approximate surface area is 159 Å². The topological polar surface area (TPSA) is 0 Å². The van der Waals surface area contributed by atoms with Gasteiger partial charge in [0.25, 0.3) is 0 Å². The van der Waals surface area contributed by atoms with Crippen LogP contribution in [0.4, 0.5) is 0 Å². The van der Waals surface area contributed by atoms with Crippen molar-refractivity contribution in [1.29, 1.82) is 0 Å². The van der Waals surface area contributed by atoms with Crippen LogP contribution in [0.2, 0.25) is 0 Å². The molecule has 0 spiro atoms. The Morgan fingerprint density at radius 3 is 0.731 bits per heavy atom. The summed E-state index contributed by atoms with van der Waals surface area (Å²) in [5.41, 5.74) is 0. The van der Waals surface area contributed by atoms with Crippen LogP contribution in [0.5, 0.6) is 0 Å². The summed E-state index contributed by atoms with van der Waals surface area (Å²) < 4.78 is 4.91. The van der Waals surface area contributed by atoms with E-state index < -0.39 is 16.3 Å². The second-order valence-corrected chi connectivity index (χ2v) is 22.5. The third-order valence-electron chi connectivity index (χ3n) is 4.96. The Hall–Kier alpha value is -2.01. The molecule has 4 aromatic carbocycles. The molecule has 0 N–H and O–H groups in total. The summed E-state index contributed by atoms with van der Waals surface area (Å²) in [7, 11) is 8.10. The maximum absolute atomic E-state index is 8.10. The molecule has 26 heavy (non-hydrogen) atoms. The third kappa shape index (κ3) is 2.52. The Kier molecular flexibility index (Phi) is 4.65. The van der Waals surface area contributed by atoms with E-state index in [4.69, 9.17) is 8.83 Å². The van der Waals surface area contributed by atoms with Crippen molar-refractivity contribution >= 4 is 39.1 Å². The van der Waals surface area contributed by atoms with Crippen LogP contribution < -0.4 is 14.0 Å². The van der Waals surface area contributed by atoms with Crippen molar-refractivity contribution in [2.45, 2.75) is 0 Å². The molecule has 0 fully saturated rings. The average Bonchev–Trinajstić information content (AvgIpc) is 2.76. The van der Waals surface area contributed by atoms with Crippen molar-refractivity contribution in [2.75, 3.05) is 0 Å². The number of halogens is 1. The van der Waals surface area contributed by atoms with Crippen LogP contribution in [0.25, 0.3) is 0 Å². The zero-order chi connectivity index (χ0) is 17.9. The molecule has 0 saturated carbocycles. The number of rotatable bonds is 4. The quantitative estimate of drug-likeness (QED) is 0.403. The predicted molar refractivity (Wildman–Crippen MR) is 116 cm³/mol. The molecule has 0 bridgehead atoms. The van der Waals surface area contributed by atoms with E-state index >= 15 is 0 Å². The van der Waals surface area contributed by atoms with Gasteiger partial charge in [-0.3, -0.25) is 0 Å². The van der Waals surface area contributed by atoms with E-state index in [0.29, 0.717) is 0 Å². The van der Waals surface area contributed by atoms with Crippen molar-refractivity contribution in [2.24, 2.45) is 0 Å². The summed E-state index contributed by atoms with van der Waals surface area (Å²) in [4.78, 5) is 0. The molecule has 0 aromatic heterocycles. The Morgan fingerprint density at radius 1 is 0.346 bits per heavy atom. The minimum atomic E-state index is -4.42. The molecular weight excluding hydrogens is 445 g/mol. The van der Waals surface area contributed by atoms with Gasteiger partial charge in [0.15, 0.2) is 0 Å².